The fourth-order valence-corrected chi connectivity index (χ4v) is 4.72. The number of benzene rings is 1. The number of rotatable bonds is 3. The van der Waals surface area contributed by atoms with E-state index in [-0.39, 0.29) is 5.91 Å². The van der Waals surface area contributed by atoms with Crippen LogP contribution in [0.3, 0.4) is 0 Å². The Kier molecular flexibility index (Phi) is 3.98. The third-order valence-electron chi connectivity index (χ3n) is 3.59. The second-order valence-electron chi connectivity index (χ2n) is 4.96. The van der Waals surface area contributed by atoms with Crippen LogP contribution in [0.5, 0.6) is 0 Å². The van der Waals surface area contributed by atoms with Crippen molar-refractivity contribution >= 4 is 45.5 Å². The lowest BCUT2D eigenvalue weighted by Crippen LogP contribution is -2.16. The molecule has 1 aliphatic carbocycles. The van der Waals surface area contributed by atoms with Crippen molar-refractivity contribution in [3.8, 4) is 0 Å². The van der Waals surface area contributed by atoms with E-state index >= 15 is 0 Å². The molecule has 2 aromatic rings. The molecule has 0 saturated carbocycles. The molecule has 3 nitrogen and oxygen atoms in total. The minimum absolute atomic E-state index is 0.373. The maximum atomic E-state index is 11.1. The molecular formula is C15H15IN2OS. The van der Waals surface area contributed by atoms with Crippen LogP contribution >= 0.6 is 33.9 Å². The Bertz CT molecular complexity index is 636. The number of nitrogens with two attached hydrogens (primary N) is 1. The molecule has 1 amide bonds. The third kappa shape index (κ3) is 2.83. The fraction of sp³-hybridized carbons (Fsp3) is 0.267. The van der Waals surface area contributed by atoms with Gasteiger partial charge >= 0.3 is 0 Å². The lowest BCUT2D eigenvalue weighted by atomic mass is 9.94. The molecule has 1 aromatic heterocycles. The Morgan fingerprint density at radius 3 is 2.80 bits per heavy atom. The molecule has 1 heterocycles. The first-order chi connectivity index (χ1) is 9.63. The maximum absolute atomic E-state index is 11.1. The Morgan fingerprint density at radius 2 is 2.10 bits per heavy atom. The molecule has 5 heteroatoms. The van der Waals surface area contributed by atoms with E-state index in [0.29, 0.717) is 11.6 Å². The average Bonchev–Trinajstić information content (AvgIpc) is 2.81. The third-order valence-corrected chi connectivity index (χ3v) is 5.57. The minimum Gasteiger partial charge on any atom is -0.378 e. The van der Waals surface area contributed by atoms with Crippen LogP contribution in [0.25, 0.3) is 0 Å². The first kappa shape index (κ1) is 13.9. The normalized spacial score (nSPS) is 17.6. The number of aryl methyl sites for hydroxylation is 1. The fourth-order valence-electron chi connectivity index (χ4n) is 2.60. The summed E-state index contributed by atoms with van der Waals surface area (Å²) in [5, 5.41) is 3.57. The number of thiophene rings is 1. The van der Waals surface area contributed by atoms with Crippen molar-refractivity contribution in [3.05, 3.63) is 49.2 Å². The van der Waals surface area contributed by atoms with Crippen LogP contribution in [0, 0.1) is 2.88 Å². The summed E-state index contributed by atoms with van der Waals surface area (Å²) in [6, 6.07) is 10.0. The maximum Gasteiger partial charge on any atom is 0.248 e. The molecule has 0 radical (unpaired) electrons. The van der Waals surface area contributed by atoms with Crippen LogP contribution in [0.4, 0.5) is 5.69 Å². The standard InChI is InChI=1S/C15H15IN2OS/c16-14-8-11-12(2-1-3-13(11)20-14)18-10-6-4-9(5-7-10)15(17)19/h4-8,12,18H,1-3H2,(H2,17,19). The van der Waals surface area contributed by atoms with Gasteiger partial charge in [0.25, 0.3) is 0 Å². The van der Waals surface area contributed by atoms with Gasteiger partial charge in [-0.3, -0.25) is 4.79 Å². The Hall–Kier alpha value is -1.08. The number of halogens is 1. The van der Waals surface area contributed by atoms with Crippen LogP contribution in [-0.2, 0) is 6.42 Å². The molecule has 1 aliphatic rings. The van der Waals surface area contributed by atoms with E-state index in [2.05, 4.69) is 34.0 Å². The summed E-state index contributed by atoms with van der Waals surface area (Å²) in [6.07, 6.45) is 3.57. The van der Waals surface area contributed by atoms with E-state index in [4.69, 9.17) is 5.73 Å². The molecule has 20 heavy (non-hydrogen) atoms. The highest BCUT2D eigenvalue weighted by Crippen LogP contribution is 2.38. The van der Waals surface area contributed by atoms with Gasteiger partial charge in [0.2, 0.25) is 5.91 Å². The Labute approximate surface area is 135 Å². The van der Waals surface area contributed by atoms with Gasteiger partial charge in [-0.1, -0.05) is 0 Å². The summed E-state index contributed by atoms with van der Waals surface area (Å²) in [5.41, 5.74) is 8.27. The molecule has 0 fully saturated rings. The van der Waals surface area contributed by atoms with Crippen molar-refractivity contribution in [3.63, 3.8) is 0 Å². The van der Waals surface area contributed by atoms with Gasteiger partial charge in [-0.15, -0.1) is 11.3 Å². The number of primary amides is 1. The molecule has 0 saturated heterocycles. The summed E-state index contributed by atoms with van der Waals surface area (Å²) in [7, 11) is 0. The zero-order valence-electron chi connectivity index (χ0n) is 10.9. The van der Waals surface area contributed by atoms with Crippen molar-refractivity contribution in [2.75, 3.05) is 5.32 Å². The zero-order valence-corrected chi connectivity index (χ0v) is 13.8. The summed E-state index contributed by atoms with van der Waals surface area (Å²) in [4.78, 5) is 12.6. The van der Waals surface area contributed by atoms with E-state index < -0.39 is 0 Å². The van der Waals surface area contributed by atoms with Gasteiger partial charge in [0.1, 0.15) is 0 Å². The van der Waals surface area contributed by atoms with E-state index in [1.807, 2.05) is 23.5 Å². The summed E-state index contributed by atoms with van der Waals surface area (Å²) in [6.45, 7) is 0. The number of amides is 1. The van der Waals surface area contributed by atoms with Gasteiger partial charge in [-0.05, 0) is 77.7 Å². The highest BCUT2D eigenvalue weighted by molar-refractivity contribution is 14.1. The number of carbonyl (C=O) groups is 1. The van der Waals surface area contributed by atoms with Gasteiger partial charge in [0, 0.05) is 16.1 Å². The van der Waals surface area contributed by atoms with Gasteiger partial charge in [0.05, 0.1) is 8.93 Å². The van der Waals surface area contributed by atoms with Crippen molar-refractivity contribution in [2.24, 2.45) is 5.73 Å². The summed E-state index contributed by atoms with van der Waals surface area (Å²) >= 11 is 4.29. The van der Waals surface area contributed by atoms with Gasteiger partial charge in [-0.25, -0.2) is 0 Å². The molecule has 0 spiro atoms. The van der Waals surface area contributed by atoms with Crippen molar-refractivity contribution < 1.29 is 4.79 Å². The van der Waals surface area contributed by atoms with Crippen LogP contribution in [0.1, 0.15) is 39.7 Å². The number of nitrogens with one attached hydrogen (secondary N) is 1. The molecule has 0 aliphatic heterocycles. The highest BCUT2D eigenvalue weighted by Gasteiger charge is 2.22. The Morgan fingerprint density at radius 1 is 1.35 bits per heavy atom. The van der Waals surface area contributed by atoms with E-state index in [1.165, 1.54) is 26.2 Å². The van der Waals surface area contributed by atoms with Gasteiger partial charge in [0.15, 0.2) is 0 Å². The predicted octanol–water partition coefficient (Wildman–Crippen LogP) is 3.94. The number of hydrogen-bond donors (Lipinski definition) is 2. The molecule has 104 valence electrons. The van der Waals surface area contributed by atoms with Crippen molar-refractivity contribution in [2.45, 2.75) is 25.3 Å². The highest BCUT2D eigenvalue weighted by atomic mass is 127. The average molecular weight is 398 g/mol. The lowest BCUT2D eigenvalue weighted by Gasteiger charge is -2.24. The predicted molar refractivity (Wildman–Crippen MR) is 91.3 cm³/mol. The molecule has 3 N–H and O–H groups in total. The second kappa shape index (κ2) is 5.73. The first-order valence-electron chi connectivity index (χ1n) is 6.58. The molecular weight excluding hydrogens is 383 g/mol. The van der Waals surface area contributed by atoms with Crippen LogP contribution in [0.2, 0.25) is 0 Å². The number of anilines is 1. The van der Waals surface area contributed by atoms with E-state index in [9.17, 15) is 4.79 Å². The quantitative estimate of drug-likeness (QED) is 0.770. The van der Waals surface area contributed by atoms with E-state index in [1.54, 1.807) is 12.1 Å². The SMILES string of the molecule is NC(=O)c1ccc(NC2CCCc3sc(I)cc32)cc1. The zero-order chi connectivity index (χ0) is 14.1. The molecule has 3 rings (SSSR count). The first-order valence-corrected chi connectivity index (χ1v) is 8.47. The van der Waals surface area contributed by atoms with Crippen LogP contribution < -0.4 is 11.1 Å². The lowest BCUT2D eigenvalue weighted by molar-refractivity contribution is 0.100. The monoisotopic (exact) mass is 398 g/mol. The Balaban J connectivity index is 1.80. The van der Waals surface area contributed by atoms with Gasteiger partial charge < -0.3 is 11.1 Å². The summed E-state index contributed by atoms with van der Waals surface area (Å²) < 4.78 is 1.35. The number of fused-ring (bicyclic) bond motifs is 1. The second-order valence-corrected chi connectivity index (χ2v) is 7.99. The molecule has 1 aromatic carbocycles. The van der Waals surface area contributed by atoms with Crippen LogP contribution in [0.15, 0.2) is 30.3 Å². The topological polar surface area (TPSA) is 55.1 Å². The molecule has 1 unspecified atom stereocenters. The molecule has 1 atom stereocenters. The van der Waals surface area contributed by atoms with E-state index in [0.717, 1.165) is 12.1 Å². The van der Waals surface area contributed by atoms with Gasteiger partial charge in [-0.2, -0.15) is 0 Å². The van der Waals surface area contributed by atoms with Crippen molar-refractivity contribution in [1.29, 1.82) is 0 Å². The smallest absolute Gasteiger partial charge is 0.248 e. The largest absolute Gasteiger partial charge is 0.378 e. The molecule has 0 bridgehead atoms. The number of carbonyl (C=O) groups excluding carboxylic acids is 1. The summed E-state index contributed by atoms with van der Waals surface area (Å²) in [5.74, 6) is -0.385. The van der Waals surface area contributed by atoms with Crippen LogP contribution in [-0.4, -0.2) is 5.91 Å². The number of hydrogen-bond acceptors (Lipinski definition) is 3. The minimum atomic E-state index is -0.385. The van der Waals surface area contributed by atoms with Crippen molar-refractivity contribution in [1.82, 2.24) is 0 Å².